The molecule has 2 heterocycles. The number of aliphatic hydroxyl groups excluding tert-OH is 2. The topological polar surface area (TPSA) is 100 Å². The van der Waals surface area contributed by atoms with Crippen LogP contribution in [0.25, 0.3) is 131 Å². The molecule has 0 fully saturated rings. The number of carbonyl (C=O) groups is 2. The van der Waals surface area contributed by atoms with Gasteiger partial charge in [0.1, 0.15) is 0 Å². The quantitative estimate of drug-likeness (QED) is 0.0745. The first kappa shape index (κ1) is 68.1. The summed E-state index contributed by atoms with van der Waals surface area (Å²) in [4.78, 5) is 29.7. The summed E-state index contributed by atoms with van der Waals surface area (Å²) in [5, 5.41) is 37.5. The van der Waals surface area contributed by atoms with Crippen LogP contribution in [0, 0.1) is 12.1 Å². The van der Waals surface area contributed by atoms with E-state index in [1.807, 2.05) is 12.4 Å². The predicted molar refractivity (Wildman–Crippen MR) is 395 cm³/mol. The van der Waals surface area contributed by atoms with Gasteiger partial charge in [-0.25, -0.2) is 0 Å². The van der Waals surface area contributed by atoms with Crippen LogP contribution in [-0.4, -0.2) is 31.7 Å². The zero-order valence-electron chi connectivity index (χ0n) is 56.2. The van der Waals surface area contributed by atoms with E-state index in [4.69, 9.17) is 20.2 Å². The summed E-state index contributed by atoms with van der Waals surface area (Å²) in [6.45, 7) is 24.2. The van der Waals surface area contributed by atoms with Gasteiger partial charge in [0.05, 0.1) is 11.5 Å². The molecule has 2 N–H and O–H groups in total. The number of allylic oxidation sites excluding steroid dienone is 4. The molecular formula is C88H76Ir2N2O4-2. The molecule has 0 amide bonds. The molecule has 2 radical (unpaired) electrons. The Labute approximate surface area is 589 Å². The third-order valence-electron chi connectivity index (χ3n) is 19.1. The summed E-state index contributed by atoms with van der Waals surface area (Å²) in [5.41, 5.74) is 17.2. The van der Waals surface area contributed by atoms with E-state index in [0.29, 0.717) is 11.8 Å². The SMILES string of the molecule is CC(=O)C=C(C)O.CC(=O)C=C(C)O.CC(C)c1ccc2cnc(-c3[c-]cc4c(c3)C(C)(C)c3c-4ccc4c5cc(C(C)C)ccc5c5ccccc5c34)cc2c1.CC1(C)c2c[c-]c(-c3nccc4ccccc34)cc2-c2cc3c4ccccc4c4ccccc4c3cc21.[Ir].[Ir]. The fraction of sp³-hybridized carbons (Fsp3) is 0.182. The van der Waals surface area contributed by atoms with Crippen molar-refractivity contribution in [2.75, 3.05) is 0 Å². The molecule has 12 aromatic carbocycles. The zero-order chi connectivity index (χ0) is 66.1. The Bertz CT molecular complexity index is 5480. The third-order valence-corrected chi connectivity index (χ3v) is 19.1. The van der Waals surface area contributed by atoms with Crippen LogP contribution in [0.5, 0.6) is 0 Å². The first-order valence-electron chi connectivity index (χ1n) is 32.5. The van der Waals surface area contributed by atoms with Gasteiger partial charge in [0, 0.05) is 64.8 Å². The summed E-state index contributed by atoms with van der Waals surface area (Å²) in [5.74, 6) is 0.850. The maximum Gasteiger partial charge on any atom is 0.155 e. The number of aliphatic hydroxyl groups is 2. The van der Waals surface area contributed by atoms with E-state index in [0.717, 1.165) is 27.9 Å². The number of rotatable bonds is 6. The van der Waals surface area contributed by atoms with Crippen molar-refractivity contribution in [3.05, 3.63) is 276 Å². The Morgan fingerprint density at radius 1 is 0.417 bits per heavy atom. The molecule has 16 rings (SSSR count). The number of ketones is 2. The molecular weight excluding hydrogens is 1530 g/mol. The number of hydrogen-bond donors (Lipinski definition) is 2. The number of pyridine rings is 2. The van der Waals surface area contributed by atoms with Crippen LogP contribution in [-0.2, 0) is 60.6 Å². The van der Waals surface area contributed by atoms with Gasteiger partial charge in [-0.3, -0.25) is 9.59 Å². The van der Waals surface area contributed by atoms with Crippen LogP contribution in [0.15, 0.2) is 230 Å². The van der Waals surface area contributed by atoms with Crippen LogP contribution >= 0.6 is 0 Å². The normalized spacial score (nSPS) is 13.3. The van der Waals surface area contributed by atoms with E-state index < -0.39 is 0 Å². The Morgan fingerprint density at radius 2 is 0.906 bits per heavy atom. The number of aromatic nitrogens is 2. The molecule has 0 bridgehead atoms. The second-order valence-electron chi connectivity index (χ2n) is 27.1. The van der Waals surface area contributed by atoms with Crippen LogP contribution in [0.1, 0.15) is 128 Å². The average Bonchev–Trinajstić information content (AvgIpc) is 1.46. The molecule has 482 valence electrons. The summed E-state index contributed by atoms with van der Waals surface area (Å²) in [7, 11) is 0. The van der Waals surface area contributed by atoms with Crippen molar-refractivity contribution >= 4 is 97.7 Å². The summed E-state index contributed by atoms with van der Waals surface area (Å²) < 4.78 is 0. The van der Waals surface area contributed by atoms with Gasteiger partial charge in [0.25, 0.3) is 0 Å². The maximum absolute atomic E-state index is 10.0. The van der Waals surface area contributed by atoms with Crippen molar-refractivity contribution in [3.63, 3.8) is 0 Å². The van der Waals surface area contributed by atoms with E-state index >= 15 is 0 Å². The van der Waals surface area contributed by atoms with E-state index in [1.165, 1.54) is 176 Å². The number of nitrogens with zero attached hydrogens (tertiary/aromatic N) is 2. The standard InChI is InChI=1S/C42H36N.C36H24N.2C5H8O2.2Ir/c1-24(2)26-11-12-29-23-43-39(22-30(29)19-26)28-14-16-33-36-18-17-35-37-20-27(25(3)4)13-15-32(37)31-9-7-8-10-34(31)40(35)41(36)42(5,6)38(33)21-28;1-36(2)33-16-15-23(35-24-10-4-3-9-22(24)17-18-37-35)19-31(33)32-20-29-27-13-7-5-11-25(27)26-12-6-8-14-28(26)30(29)21-34(32)36;2*1-4(6)3-5(2)7;;/h7-13,15-25H,1-6H3;3-14,16-21H,1-2H3;2*3,6H,1-2H3;;/q2*-1;;;;. The molecule has 0 unspecified atom stereocenters. The average molecular weight is 1610 g/mol. The monoisotopic (exact) mass is 1610 g/mol. The molecule has 6 nitrogen and oxygen atoms in total. The minimum Gasteiger partial charge on any atom is -0.512 e. The maximum atomic E-state index is 10.0. The van der Waals surface area contributed by atoms with Crippen LogP contribution in [0.3, 0.4) is 0 Å². The van der Waals surface area contributed by atoms with E-state index in [1.54, 1.807) is 0 Å². The molecule has 0 atom stereocenters. The molecule has 0 saturated carbocycles. The number of fused-ring (bicyclic) bond motifs is 21. The van der Waals surface area contributed by atoms with Gasteiger partial charge < -0.3 is 20.2 Å². The first-order chi connectivity index (χ1) is 45.1. The van der Waals surface area contributed by atoms with Crippen molar-refractivity contribution < 1.29 is 60.0 Å². The van der Waals surface area contributed by atoms with Gasteiger partial charge in [-0.15, -0.1) is 58.7 Å². The van der Waals surface area contributed by atoms with Crippen molar-refractivity contribution in [2.45, 2.75) is 106 Å². The van der Waals surface area contributed by atoms with Crippen LogP contribution in [0.4, 0.5) is 0 Å². The van der Waals surface area contributed by atoms with Gasteiger partial charge >= 0.3 is 0 Å². The van der Waals surface area contributed by atoms with E-state index in [2.05, 4.69) is 262 Å². The fourth-order valence-corrected chi connectivity index (χ4v) is 14.6. The van der Waals surface area contributed by atoms with Gasteiger partial charge in [-0.05, 0) is 194 Å². The van der Waals surface area contributed by atoms with E-state index in [9.17, 15) is 9.59 Å². The Balaban J connectivity index is 0.000000161. The Hall–Kier alpha value is -9.26. The Morgan fingerprint density at radius 3 is 1.51 bits per heavy atom. The second-order valence-corrected chi connectivity index (χ2v) is 27.1. The van der Waals surface area contributed by atoms with Crippen LogP contribution < -0.4 is 0 Å². The second kappa shape index (κ2) is 27.1. The first-order valence-corrected chi connectivity index (χ1v) is 32.5. The van der Waals surface area contributed by atoms with Crippen molar-refractivity contribution in [1.29, 1.82) is 0 Å². The molecule has 2 aromatic heterocycles. The summed E-state index contributed by atoms with van der Waals surface area (Å²) in [6.07, 6.45) is 6.24. The van der Waals surface area contributed by atoms with Crippen molar-refractivity contribution in [1.82, 2.24) is 9.97 Å². The van der Waals surface area contributed by atoms with Crippen LogP contribution in [0.2, 0.25) is 0 Å². The minimum atomic E-state index is -0.179. The number of carbonyl (C=O) groups excluding carboxylic acids is 2. The molecule has 0 spiro atoms. The zero-order valence-corrected chi connectivity index (χ0v) is 61.0. The van der Waals surface area contributed by atoms with Gasteiger partial charge in [0.15, 0.2) is 11.6 Å². The van der Waals surface area contributed by atoms with Gasteiger partial charge in [-0.1, -0.05) is 224 Å². The Kier molecular flexibility index (Phi) is 19.2. The molecule has 8 heteroatoms. The summed E-state index contributed by atoms with van der Waals surface area (Å²) in [6, 6.07) is 79.1. The molecule has 2 aliphatic rings. The van der Waals surface area contributed by atoms with Crippen molar-refractivity contribution in [3.8, 4) is 44.8 Å². The molecule has 2 aliphatic carbocycles. The van der Waals surface area contributed by atoms with E-state index in [-0.39, 0.29) is 74.1 Å². The third kappa shape index (κ3) is 12.4. The molecule has 0 aliphatic heterocycles. The predicted octanol–water partition coefficient (Wildman–Crippen LogP) is 23.3. The number of benzene rings is 12. The molecule has 96 heavy (non-hydrogen) atoms. The largest absolute Gasteiger partial charge is 0.512 e. The van der Waals surface area contributed by atoms with Crippen molar-refractivity contribution in [2.24, 2.45) is 0 Å². The van der Waals surface area contributed by atoms with Gasteiger partial charge in [0.2, 0.25) is 0 Å². The molecule has 14 aromatic rings. The van der Waals surface area contributed by atoms with Gasteiger partial charge in [-0.2, -0.15) is 0 Å². The smallest absolute Gasteiger partial charge is 0.155 e. The minimum absolute atomic E-state index is 0. The fourth-order valence-electron chi connectivity index (χ4n) is 14.6. The number of hydrogen-bond acceptors (Lipinski definition) is 6. The molecule has 0 saturated heterocycles. The summed E-state index contributed by atoms with van der Waals surface area (Å²) >= 11 is 0.